The number of carboxylic acid groups (broad SMARTS) is 1. The minimum atomic E-state index is -0.978. The van der Waals surface area contributed by atoms with Crippen LogP contribution in [0.4, 0.5) is 21.8 Å². The third-order valence-corrected chi connectivity index (χ3v) is 3.65. The lowest BCUT2D eigenvalue weighted by molar-refractivity contribution is 0.0697. The topological polar surface area (TPSA) is 87.1 Å². The lowest BCUT2D eigenvalue weighted by atomic mass is 10.2. The molecule has 0 aliphatic heterocycles. The molecule has 3 rings (SSSR count). The Labute approximate surface area is 149 Å². The molecule has 132 valence electrons. The fourth-order valence-corrected chi connectivity index (χ4v) is 2.37. The van der Waals surface area contributed by atoms with Gasteiger partial charge in [0.1, 0.15) is 11.6 Å². The van der Waals surface area contributed by atoms with Crippen molar-refractivity contribution in [3.8, 4) is 0 Å². The summed E-state index contributed by atoms with van der Waals surface area (Å²) in [4.78, 5) is 19.6. The molecule has 0 unspecified atom stereocenters. The molecule has 6 nitrogen and oxygen atoms in total. The minimum Gasteiger partial charge on any atom is -0.478 e. The summed E-state index contributed by atoms with van der Waals surface area (Å²) in [5.41, 5.74) is 2.17. The van der Waals surface area contributed by atoms with Gasteiger partial charge in [0, 0.05) is 29.6 Å². The Bertz CT molecular complexity index is 929. The van der Waals surface area contributed by atoms with Crippen LogP contribution < -0.4 is 10.6 Å². The second kappa shape index (κ2) is 7.60. The third kappa shape index (κ3) is 4.32. The second-order valence-electron chi connectivity index (χ2n) is 5.67. The van der Waals surface area contributed by atoms with E-state index < -0.39 is 5.97 Å². The van der Waals surface area contributed by atoms with Crippen molar-refractivity contribution in [2.24, 2.45) is 0 Å². The first-order chi connectivity index (χ1) is 12.5. The normalized spacial score (nSPS) is 10.4. The fourth-order valence-electron chi connectivity index (χ4n) is 2.37. The monoisotopic (exact) mass is 352 g/mol. The maximum atomic E-state index is 13.7. The van der Waals surface area contributed by atoms with Gasteiger partial charge in [-0.1, -0.05) is 18.2 Å². The molecule has 0 spiro atoms. The van der Waals surface area contributed by atoms with Crippen LogP contribution in [0.3, 0.4) is 0 Å². The van der Waals surface area contributed by atoms with E-state index in [0.717, 1.165) is 5.69 Å². The summed E-state index contributed by atoms with van der Waals surface area (Å²) in [5, 5.41) is 15.1. The smallest absolute Gasteiger partial charge is 0.335 e. The van der Waals surface area contributed by atoms with E-state index in [2.05, 4.69) is 20.6 Å². The second-order valence-corrected chi connectivity index (χ2v) is 5.67. The van der Waals surface area contributed by atoms with Gasteiger partial charge < -0.3 is 15.7 Å². The molecule has 0 radical (unpaired) electrons. The number of carboxylic acids is 1. The predicted octanol–water partition coefficient (Wildman–Crippen LogP) is 3.98. The predicted molar refractivity (Wildman–Crippen MR) is 97.2 cm³/mol. The molecule has 3 aromatic rings. The van der Waals surface area contributed by atoms with Gasteiger partial charge in [-0.05, 0) is 37.3 Å². The van der Waals surface area contributed by atoms with E-state index in [0.29, 0.717) is 23.0 Å². The number of carbonyl (C=O) groups is 1. The first-order valence-electron chi connectivity index (χ1n) is 7.94. The number of benzene rings is 2. The van der Waals surface area contributed by atoms with Gasteiger partial charge in [0.2, 0.25) is 5.95 Å². The molecule has 3 N–H and O–H groups in total. The number of rotatable bonds is 6. The van der Waals surface area contributed by atoms with E-state index in [1.54, 1.807) is 36.4 Å². The highest BCUT2D eigenvalue weighted by atomic mass is 19.1. The van der Waals surface area contributed by atoms with Crippen molar-refractivity contribution in [2.75, 3.05) is 10.6 Å². The van der Waals surface area contributed by atoms with Crippen molar-refractivity contribution in [3.05, 3.63) is 77.2 Å². The maximum absolute atomic E-state index is 13.7. The number of anilines is 3. The van der Waals surface area contributed by atoms with Crippen molar-refractivity contribution in [1.82, 2.24) is 9.97 Å². The Balaban J connectivity index is 1.73. The molecule has 0 atom stereocenters. The number of halogens is 1. The SMILES string of the molecule is Cc1cc(Nc2ccc(C(=O)O)cc2)nc(NCc2ccccc2F)n1. The Hall–Kier alpha value is -3.48. The van der Waals surface area contributed by atoms with Gasteiger partial charge in [-0.25, -0.2) is 14.2 Å². The molecule has 2 aromatic carbocycles. The van der Waals surface area contributed by atoms with Gasteiger partial charge in [-0.3, -0.25) is 0 Å². The maximum Gasteiger partial charge on any atom is 0.335 e. The Kier molecular flexibility index (Phi) is 5.07. The van der Waals surface area contributed by atoms with E-state index in [9.17, 15) is 9.18 Å². The van der Waals surface area contributed by atoms with Crippen LogP contribution >= 0.6 is 0 Å². The van der Waals surface area contributed by atoms with Crippen LogP contribution in [0.15, 0.2) is 54.6 Å². The number of nitrogens with one attached hydrogen (secondary N) is 2. The van der Waals surface area contributed by atoms with Crippen LogP contribution in [0, 0.1) is 12.7 Å². The molecular weight excluding hydrogens is 335 g/mol. The van der Waals surface area contributed by atoms with Crippen LogP contribution in [0.1, 0.15) is 21.6 Å². The molecule has 0 aliphatic rings. The minimum absolute atomic E-state index is 0.210. The van der Waals surface area contributed by atoms with Crippen LogP contribution in [0.2, 0.25) is 0 Å². The Morgan fingerprint density at radius 2 is 1.85 bits per heavy atom. The summed E-state index contributed by atoms with van der Waals surface area (Å²) < 4.78 is 13.7. The zero-order valence-corrected chi connectivity index (χ0v) is 14.0. The zero-order chi connectivity index (χ0) is 18.5. The molecule has 0 bridgehead atoms. The van der Waals surface area contributed by atoms with E-state index in [-0.39, 0.29) is 17.9 Å². The highest BCUT2D eigenvalue weighted by molar-refractivity contribution is 5.88. The van der Waals surface area contributed by atoms with Gasteiger partial charge in [0.25, 0.3) is 0 Å². The molecule has 0 amide bonds. The van der Waals surface area contributed by atoms with Crippen LogP contribution in [-0.2, 0) is 6.54 Å². The summed E-state index contributed by atoms with van der Waals surface area (Å²) in [6.07, 6.45) is 0. The standard InChI is InChI=1S/C19H17FN4O2/c1-12-10-17(23-15-8-6-13(7-9-15)18(25)26)24-19(22-12)21-11-14-4-2-3-5-16(14)20/h2-10H,11H2,1H3,(H,25,26)(H2,21,22,23,24). The first kappa shape index (κ1) is 17.3. The van der Waals surface area contributed by atoms with Crippen LogP contribution in [-0.4, -0.2) is 21.0 Å². The molecule has 1 heterocycles. The summed E-state index contributed by atoms with van der Waals surface area (Å²) in [6, 6.07) is 14.6. The number of aryl methyl sites for hydroxylation is 1. The van der Waals surface area contributed by atoms with Crippen molar-refractivity contribution >= 4 is 23.4 Å². The molecule has 26 heavy (non-hydrogen) atoms. The van der Waals surface area contributed by atoms with Gasteiger partial charge in [0.05, 0.1) is 5.56 Å². The highest BCUT2D eigenvalue weighted by Gasteiger charge is 2.06. The van der Waals surface area contributed by atoms with Gasteiger partial charge in [-0.15, -0.1) is 0 Å². The van der Waals surface area contributed by atoms with E-state index >= 15 is 0 Å². The molecule has 0 saturated carbocycles. The van der Waals surface area contributed by atoms with E-state index in [1.807, 2.05) is 6.92 Å². The zero-order valence-electron chi connectivity index (χ0n) is 14.0. The van der Waals surface area contributed by atoms with Crippen LogP contribution in [0.5, 0.6) is 0 Å². The molecule has 7 heteroatoms. The van der Waals surface area contributed by atoms with E-state index in [1.165, 1.54) is 18.2 Å². The fraction of sp³-hybridized carbons (Fsp3) is 0.105. The number of nitrogens with zero attached hydrogens (tertiary/aromatic N) is 2. The summed E-state index contributed by atoms with van der Waals surface area (Å²) in [5.74, 6) is -0.340. The average Bonchev–Trinajstić information content (AvgIpc) is 2.61. The van der Waals surface area contributed by atoms with E-state index in [4.69, 9.17) is 5.11 Å². The quantitative estimate of drug-likeness (QED) is 0.622. The third-order valence-electron chi connectivity index (χ3n) is 3.65. The van der Waals surface area contributed by atoms with Gasteiger partial charge in [-0.2, -0.15) is 4.98 Å². The molecular formula is C19H17FN4O2. The number of aromatic nitrogens is 2. The lowest BCUT2D eigenvalue weighted by Gasteiger charge is -2.10. The summed E-state index contributed by atoms with van der Waals surface area (Å²) in [6.45, 7) is 2.09. The van der Waals surface area contributed by atoms with Gasteiger partial charge >= 0.3 is 5.97 Å². The average molecular weight is 352 g/mol. The number of hydrogen-bond acceptors (Lipinski definition) is 5. The van der Waals surface area contributed by atoms with Gasteiger partial charge in [0.15, 0.2) is 0 Å². The summed E-state index contributed by atoms with van der Waals surface area (Å²) >= 11 is 0. The van der Waals surface area contributed by atoms with Crippen molar-refractivity contribution in [1.29, 1.82) is 0 Å². The van der Waals surface area contributed by atoms with Crippen molar-refractivity contribution < 1.29 is 14.3 Å². The number of aromatic carboxylic acids is 1. The van der Waals surface area contributed by atoms with Crippen molar-refractivity contribution in [3.63, 3.8) is 0 Å². The number of hydrogen-bond donors (Lipinski definition) is 3. The van der Waals surface area contributed by atoms with Crippen LogP contribution in [0.25, 0.3) is 0 Å². The lowest BCUT2D eigenvalue weighted by Crippen LogP contribution is -2.07. The molecule has 0 saturated heterocycles. The Morgan fingerprint density at radius 1 is 1.12 bits per heavy atom. The first-order valence-corrected chi connectivity index (χ1v) is 7.94. The van der Waals surface area contributed by atoms with Crippen molar-refractivity contribution in [2.45, 2.75) is 13.5 Å². The Morgan fingerprint density at radius 3 is 2.54 bits per heavy atom. The molecule has 0 fully saturated rings. The summed E-state index contributed by atoms with van der Waals surface area (Å²) in [7, 11) is 0. The molecule has 1 aromatic heterocycles. The highest BCUT2D eigenvalue weighted by Crippen LogP contribution is 2.18. The largest absolute Gasteiger partial charge is 0.478 e. The molecule has 0 aliphatic carbocycles.